The van der Waals surface area contributed by atoms with E-state index in [-0.39, 0.29) is 18.3 Å². The second kappa shape index (κ2) is 9.18. The Morgan fingerprint density at radius 1 is 1.15 bits per heavy atom. The van der Waals surface area contributed by atoms with Crippen LogP contribution in [0.15, 0.2) is 36.5 Å². The van der Waals surface area contributed by atoms with Crippen LogP contribution in [-0.2, 0) is 22.6 Å². The second-order valence-electron chi connectivity index (χ2n) is 9.21. The number of aromatic nitrogens is 4. The van der Waals surface area contributed by atoms with Gasteiger partial charge >= 0.3 is 5.97 Å². The molecule has 3 heterocycles. The lowest BCUT2D eigenvalue weighted by molar-refractivity contribution is -0.143. The van der Waals surface area contributed by atoms with E-state index in [2.05, 4.69) is 22.1 Å². The maximum absolute atomic E-state index is 15.3. The van der Waals surface area contributed by atoms with Crippen LogP contribution in [0.4, 0.5) is 4.39 Å². The molecule has 34 heavy (non-hydrogen) atoms. The van der Waals surface area contributed by atoms with Crippen LogP contribution in [0, 0.1) is 18.7 Å². The van der Waals surface area contributed by atoms with Gasteiger partial charge in [0.2, 0.25) is 0 Å². The van der Waals surface area contributed by atoms with Crippen LogP contribution in [0.5, 0.6) is 0 Å². The van der Waals surface area contributed by atoms with Gasteiger partial charge in [-0.05, 0) is 76.5 Å². The van der Waals surface area contributed by atoms with E-state index in [1.165, 1.54) is 0 Å². The average Bonchev–Trinajstić information content (AvgIpc) is 3.35. The van der Waals surface area contributed by atoms with Crippen LogP contribution in [0.1, 0.15) is 25.5 Å². The molecule has 1 saturated heterocycles. The Hall–Kier alpha value is -3.26. The molecule has 0 amide bonds. The lowest BCUT2D eigenvalue weighted by atomic mass is 9.96. The van der Waals surface area contributed by atoms with E-state index in [1.807, 2.05) is 35.9 Å². The number of rotatable bonds is 6. The van der Waals surface area contributed by atoms with Crippen LogP contribution >= 0.6 is 0 Å². The van der Waals surface area contributed by atoms with Gasteiger partial charge in [0.25, 0.3) is 0 Å². The molecule has 4 aromatic rings. The molecule has 0 bridgehead atoms. The van der Waals surface area contributed by atoms with Gasteiger partial charge in [0, 0.05) is 22.9 Å². The number of nitrogens with zero attached hydrogens (tertiary/aromatic N) is 5. The van der Waals surface area contributed by atoms with Gasteiger partial charge in [-0.2, -0.15) is 10.2 Å². The summed E-state index contributed by atoms with van der Waals surface area (Å²) in [6.07, 6.45) is 4.04. The Labute approximate surface area is 198 Å². The average molecular weight is 464 g/mol. The van der Waals surface area contributed by atoms with E-state index >= 15 is 4.39 Å². The van der Waals surface area contributed by atoms with Gasteiger partial charge in [-0.15, -0.1) is 0 Å². The minimum absolute atomic E-state index is 0.0203. The third-order valence-electron chi connectivity index (χ3n) is 6.83. The standard InChI is InChI=1S/C26H30FN5O2/c1-4-34-25(33)16-32-23-7-5-6-20(26(23)17(2)29-32)21-13-24-19(12-22(21)27)14-28-31(24)15-18-8-10-30(3)11-9-18/h5-7,12-14,18H,4,8-11,15-16H2,1-3H3. The Kier molecular flexibility index (Phi) is 6.08. The first-order valence-electron chi connectivity index (χ1n) is 11.9. The summed E-state index contributed by atoms with van der Waals surface area (Å²) >= 11 is 0. The number of hydrogen-bond acceptors (Lipinski definition) is 5. The van der Waals surface area contributed by atoms with Crippen molar-refractivity contribution < 1.29 is 13.9 Å². The predicted molar refractivity (Wildman–Crippen MR) is 130 cm³/mol. The first kappa shape index (κ1) is 22.5. The molecule has 1 fully saturated rings. The third kappa shape index (κ3) is 4.18. The zero-order valence-electron chi connectivity index (χ0n) is 19.9. The highest BCUT2D eigenvalue weighted by Crippen LogP contribution is 2.35. The maximum Gasteiger partial charge on any atom is 0.327 e. The van der Waals surface area contributed by atoms with Crippen molar-refractivity contribution in [2.24, 2.45) is 5.92 Å². The number of esters is 1. The monoisotopic (exact) mass is 463 g/mol. The fourth-order valence-corrected chi connectivity index (χ4v) is 5.03. The summed E-state index contributed by atoms with van der Waals surface area (Å²) in [7, 11) is 2.16. The van der Waals surface area contributed by atoms with Crippen LogP contribution in [0.3, 0.4) is 0 Å². The predicted octanol–water partition coefficient (Wildman–Crippen LogP) is 4.41. The number of halogens is 1. The van der Waals surface area contributed by atoms with E-state index < -0.39 is 0 Å². The molecule has 178 valence electrons. The molecular formula is C26H30FN5O2. The SMILES string of the molecule is CCOC(=O)Cn1nc(C)c2c(-c3cc4c(cnn4CC4CCN(C)CC4)cc3F)cccc21. The van der Waals surface area contributed by atoms with Gasteiger partial charge in [0.05, 0.1) is 29.5 Å². The summed E-state index contributed by atoms with van der Waals surface area (Å²) in [6.45, 7) is 7.03. The molecule has 0 unspecified atom stereocenters. The van der Waals surface area contributed by atoms with Crippen molar-refractivity contribution in [3.8, 4) is 11.1 Å². The van der Waals surface area contributed by atoms with E-state index in [4.69, 9.17) is 4.74 Å². The van der Waals surface area contributed by atoms with Crippen LogP contribution in [0.25, 0.3) is 32.9 Å². The quantitative estimate of drug-likeness (QED) is 0.397. The number of ether oxygens (including phenoxy) is 1. The minimum atomic E-state index is -0.345. The van der Waals surface area contributed by atoms with Crippen LogP contribution in [0.2, 0.25) is 0 Å². The summed E-state index contributed by atoms with van der Waals surface area (Å²) in [4.78, 5) is 14.4. The van der Waals surface area contributed by atoms with Crippen LogP contribution < -0.4 is 0 Å². The van der Waals surface area contributed by atoms with Crippen molar-refractivity contribution in [1.29, 1.82) is 0 Å². The normalized spacial score (nSPS) is 15.4. The smallest absolute Gasteiger partial charge is 0.327 e. The fourth-order valence-electron chi connectivity index (χ4n) is 5.03. The number of fused-ring (bicyclic) bond motifs is 2. The van der Waals surface area contributed by atoms with Gasteiger partial charge in [0.1, 0.15) is 12.4 Å². The van der Waals surface area contributed by atoms with E-state index in [1.54, 1.807) is 23.9 Å². The summed E-state index contributed by atoms with van der Waals surface area (Å²) in [5.74, 6) is -0.0707. The molecule has 0 saturated carbocycles. The van der Waals surface area contributed by atoms with Crippen LogP contribution in [-0.4, -0.2) is 57.2 Å². The van der Waals surface area contributed by atoms with Crippen molar-refractivity contribution in [2.75, 3.05) is 26.7 Å². The molecule has 2 aromatic heterocycles. The van der Waals surface area contributed by atoms with Gasteiger partial charge in [-0.3, -0.25) is 14.2 Å². The van der Waals surface area contributed by atoms with Crippen molar-refractivity contribution in [3.05, 3.63) is 48.0 Å². The van der Waals surface area contributed by atoms with E-state index in [0.717, 1.165) is 65.5 Å². The molecular weight excluding hydrogens is 433 g/mol. The lowest BCUT2D eigenvalue weighted by Gasteiger charge is -2.28. The van der Waals surface area contributed by atoms with Crippen molar-refractivity contribution in [1.82, 2.24) is 24.5 Å². The zero-order chi connectivity index (χ0) is 23.8. The largest absolute Gasteiger partial charge is 0.465 e. The topological polar surface area (TPSA) is 65.2 Å². The number of benzene rings is 2. The summed E-state index contributed by atoms with van der Waals surface area (Å²) in [6, 6.07) is 9.16. The summed E-state index contributed by atoms with van der Waals surface area (Å²) in [5.41, 5.74) is 3.74. The molecule has 0 atom stereocenters. The summed E-state index contributed by atoms with van der Waals surface area (Å²) < 4.78 is 24.1. The molecule has 5 rings (SSSR count). The molecule has 1 aliphatic rings. The Morgan fingerprint density at radius 2 is 1.94 bits per heavy atom. The van der Waals surface area contributed by atoms with E-state index in [9.17, 15) is 4.79 Å². The van der Waals surface area contributed by atoms with Gasteiger partial charge in [-0.25, -0.2) is 4.39 Å². The highest BCUT2D eigenvalue weighted by Gasteiger charge is 2.21. The number of piperidine rings is 1. The molecule has 0 radical (unpaired) electrons. The Balaban J connectivity index is 1.55. The molecule has 2 aromatic carbocycles. The van der Waals surface area contributed by atoms with Gasteiger partial charge in [-0.1, -0.05) is 12.1 Å². The molecule has 0 aliphatic carbocycles. The fraction of sp³-hybridized carbons (Fsp3) is 0.423. The third-order valence-corrected chi connectivity index (χ3v) is 6.83. The van der Waals surface area contributed by atoms with E-state index in [0.29, 0.717) is 18.1 Å². The zero-order valence-corrected chi connectivity index (χ0v) is 19.9. The molecule has 7 nitrogen and oxygen atoms in total. The number of aryl methyl sites for hydroxylation is 1. The lowest BCUT2D eigenvalue weighted by Crippen LogP contribution is -2.32. The van der Waals surface area contributed by atoms with Crippen molar-refractivity contribution in [3.63, 3.8) is 0 Å². The number of carbonyl (C=O) groups is 1. The molecule has 0 N–H and O–H groups in total. The van der Waals surface area contributed by atoms with Gasteiger partial charge in [0.15, 0.2) is 0 Å². The Bertz CT molecular complexity index is 1350. The molecule has 8 heteroatoms. The number of carbonyl (C=O) groups excluding carboxylic acids is 1. The summed E-state index contributed by atoms with van der Waals surface area (Å²) in [5, 5.41) is 10.8. The molecule has 0 spiro atoms. The molecule has 1 aliphatic heterocycles. The first-order chi connectivity index (χ1) is 16.4. The highest BCUT2D eigenvalue weighted by atomic mass is 19.1. The van der Waals surface area contributed by atoms with Crippen molar-refractivity contribution in [2.45, 2.75) is 39.8 Å². The Morgan fingerprint density at radius 3 is 2.71 bits per heavy atom. The minimum Gasteiger partial charge on any atom is -0.465 e. The first-order valence-corrected chi connectivity index (χ1v) is 11.9. The highest BCUT2D eigenvalue weighted by molar-refractivity contribution is 5.99. The maximum atomic E-state index is 15.3. The van der Waals surface area contributed by atoms with Crippen molar-refractivity contribution >= 4 is 27.8 Å². The number of likely N-dealkylation sites (tertiary alicyclic amines) is 1. The van der Waals surface area contributed by atoms with Gasteiger partial charge < -0.3 is 9.64 Å². The second-order valence-corrected chi connectivity index (χ2v) is 9.21. The number of hydrogen-bond donors (Lipinski definition) is 0.